The number of ether oxygens (including phenoxy) is 1. The van der Waals surface area contributed by atoms with Gasteiger partial charge in [-0.25, -0.2) is 0 Å². The van der Waals surface area contributed by atoms with Crippen molar-refractivity contribution in [2.24, 2.45) is 0 Å². The molecule has 0 fully saturated rings. The van der Waals surface area contributed by atoms with Crippen molar-refractivity contribution in [2.45, 2.75) is 32.7 Å². The maximum atomic E-state index is 9.41. The normalized spacial score (nSPS) is 12.2. The second-order valence-electron chi connectivity index (χ2n) is 4.34. The smallest absolute Gasteiger partial charge is 0.123 e. The number of hydrogen-bond acceptors (Lipinski definition) is 3. The minimum atomic E-state index is -0.157. The molecule has 3 nitrogen and oxygen atoms in total. The molecule has 1 aromatic carbocycles. The summed E-state index contributed by atoms with van der Waals surface area (Å²) in [6.07, 6.45) is 2.13. The van der Waals surface area contributed by atoms with Gasteiger partial charge in [0.1, 0.15) is 11.8 Å². The Bertz CT molecular complexity index is 374. The van der Waals surface area contributed by atoms with E-state index in [1.54, 1.807) is 7.11 Å². The summed E-state index contributed by atoms with van der Waals surface area (Å²) >= 11 is 0. The first-order valence-electron chi connectivity index (χ1n) is 6.54. The average molecular weight is 246 g/mol. The van der Waals surface area contributed by atoms with Crippen LogP contribution in [0.3, 0.4) is 0 Å². The van der Waals surface area contributed by atoms with Gasteiger partial charge in [-0.1, -0.05) is 26.0 Å². The molecule has 1 atom stereocenters. The quantitative estimate of drug-likeness (QED) is 0.740. The van der Waals surface area contributed by atoms with Gasteiger partial charge < -0.3 is 4.74 Å². The van der Waals surface area contributed by atoms with Gasteiger partial charge in [-0.05, 0) is 43.6 Å². The van der Waals surface area contributed by atoms with Crippen LogP contribution in [0.15, 0.2) is 24.3 Å². The third kappa shape index (κ3) is 3.75. The van der Waals surface area contributed by atoms with Crippen LogP contribution in [0.25, 0.3) is 0 Å². The van der Waals surface area contributed by atoms with Crippen LogP contribution in [-0.2, 0) is 0 Å². The molecule has 18 heavy (non-hydrogen) atoms. The molecule has 0 aliphatic heterocycles. The first-order valence-corrected chi connectivity index (χ1v) is 6.54. The summed E-state index contributed by atoms with van der Waals surface area (Å²) < 4.78 is 5.14. The second-order valence-corrected chi connectivity index (χ2v) is 4.34. The molecular formula is C15H22N2O. The second kappa shape index (κ2) is 7.73. The van der Waals surface area contributed by atoms with Crippen LogP contribution in [0.4, 0.5) is 0 Å². The van der Waals surface area contributed by atoms with Crippen LogP contribution in [0.5, 0.6) is 5.75 Å². The Kier molecular flexibility index (Phi) is 6.24. The molecule has 0 saturated heterocycles. The van der Waals surface area contributed by atoms with Crippen molar-refractivity contribution in [3.63, 3.8) is 0 Å². The molecule has 0 aliphatic carbocycles. The van der Waals surface area contributed by atoms with Crippen LogP contribution >= 0.6 is 0 Å². The standard InChI is InChI=1S/C15H22N2O/c1-4-10-17(11-5-2)15(12-16)13-6-8-14(18-3)9-7-13/h6-9,15H,4-5,10-11H2,1-3H3. The Morgan fingerprint density at radius 3 is 2.11 bits per heavy atom. The molecule has 0 spiro atoms. The minimum absolute atomic E-state index is 0.157. The molecule has 0 bridgehead atoms. The topological polar surface area (TPSA) is 36.3 Å². The zero-order valence-electron chi connectivity index (χ0n) is 11.5. The number of nitriles is 1. The van der Waals surface area contributed by atoms with Gasteiger partial charge in [0.2, 0.25) is 0 Å². The molecule has 0 heterocycles. The number of methoxy groups -OCH3 is 1. The van der Waals surface area contributed by atoms with E-state index < -0.39 is 0 Å². The summed E-state index contributed by atoms with van der Waals surface area (Å²) in [6.45, 7) is 6.20. The van der Waals surface area contributed by atoms with Crippen molar-refractivity contribution in [1.82, 2.24) is 4.90 Å². The Morgan fingerprint density at radius 1 is 1.17 bits per heavy atom. The van der Waals surface area contributed by atoms with Gasteiger partial charge in [0.25, 0.3) is 0 Å². The van der Waals surface area contributed by atoms with Crippen LogP contribution in [0.1, 0.15) is 38.3 Å². The molecule has 0 aromatic heterocycles. The molecule has 1 unspecified atom stereocenters. The predicted octanol–water partition coefficient (Wildman–Crippen LogP) is 3.38. The molecule has 0 amide bonds. The minimum Gasteiger partial charge on any atom is -0.497 e. The monoisotopic (exact) mass is 246 g/mol. The van der Waals surface area contributed by atoms with E-state index in [1.165, 1.54) is 0 Å². The van der Waals surface area contributed by atoms with Gasteiger partial charge in [0.15, 0.2) is 0 Å². The molecule has 1 rings (SSSR count). The third-order valence-electron chi connectivity index (χ3n) is 2.94. The first-order chi connectivity index (χ1) is 8.76. The fourth-order valence-corrected chi connectivity index (χ4v) is 2.10. The summed E-state index contributed by atoms with van der Waals surface area (Å²) in [5.74, 6) is 0.827. The molecule has 1 aromatic rings. The lowest BCUT2D eigenvalue weighted by atomic mass is 10.1. The van der Waals surface area contributed by atoms with E-state index in [9.17, 15) is 5.26 Å². The van der Waals surface area contributed by atoms with Crippen molar-refractivity contribution >= 4 is 0 Å². The van der Waals surface area contributed by atoms with Gasteiger partial charge in [0.05, 0.1) is 13.2 Å². The van der Waals surface area contributed by atoms with Crippen LogP contribution in [0, 0.1) is 11.3 Å². The molecule has 98 valence electrons. The largest absolute Gasteiger partial charge is 0.497 e. The van der Waals surface area contributed by atoms with E-state index in [1.807, 2.05) is 24.3 Å². The molecule has 3 heteroatoms. The van der Waals surface area contributed by atoms with Crippen molar-refractivity contribution in [3.05, 3.63) is 29.8 Å². The number of benzene rings is 1. The van der Waals surface area contributed by atoms with Crippen LogP contribution in [-0.4, -0.2) is 25.1 Å². The van der Waals surface area contributed by atoms with Gasteiger partial charge in [0, 0.05) is 0 Å². The maximum Gasteiger partial charge on any atom is 0.123 e. The SMILES string of the molecule is CCCN(CCC)C(C#N)c1ccc(OC)cc1. The Balaban J connectivity index is 2.88. The Morgan fingerprint density at radius 2 is 1.72 bits per heavy atom. The van der Waals surface area contributed by atoms with Gasteiger partial charge >= 0.3 is 0 Å². The van der Waals surface area contributed by atoms with Crippen LogP contribution < -0.4 is 4.74 Å². The van der Waals surface area contributed by atoms with Gasteiger partial charge in [-0.3, -0.25) is 4.90 Å². The van der Waals surface area contributed by atoms with Crippen molar-refractivity contribution in [1.29, 1.82) is 5.26 Å². The van der Waals surface area contributed by atoms with E-state index >= 15 is 0 Å². The molecule has 0 saturated carbocycles. The van der Waals surface area contributed by atoms with E-state index in [0.29, 0.717) is 0 Å². The summed E-state index contributed by atoms with van der Waals surface area (Å²) in [6, 6.07) is 10.0. The highest BCUT2D eigenvalue weighted by molar-refractivity contribution is 5.31. The molecule has 0 N–H and O–H groups in total. The summed E-state index contributed by atoms with van der Waals surface area (Å²) in [4.78, 5) is 2.24. The molecule has 0 aliphatic rings. The lowest BCUT2D eigenvalue weighted by molar-refractivity contribution is 0.236. The molecular weight excluding hydrogens is 224 g/mol. The lowest BCUT2D eigenvalue weighted by Crippen LogP contribution is -2.29. The van der Waals surface area contributed by atoms with E-state index in [0.717, 1.165) is 37.2 Å². The Labute approximate surface area is 110 Å². The van der Waals surface area contributed by atoms with Crippen molar-refractivity contribution < 1.29 is 4.74 Å². The fourth-order valence-electron chi connectivity index (χ4n) is 2.10. The lowest BCUT2D eigenvalue weighted by Gasteiger charge is -2.26. The van der Waals surface area contributed by atoms with Crippen molar-refractivity contribution in [2.75, 3.05) is 20.2 Å². The zero-order valence-corrected chi connectivity index (χ0v) is 11.5. The summed E-state index contributed by atoms with van der Waals surface area (Å²) in [7, 11) is 1.65. The maximum absolute atomic E-state index is 9.41. The fraction of sp³-hybridized carbons (Fsp3) is 0.533. The highest BCUT2D eigenvalue weighted by Crippen LogP contribution is 2.23. The first kappa shape index (κ1) is 14.5. The number of hydrogen-bond donors (Lipinski definition) is 0. The average Bonchev–Trinajstić information content (AvgIpc) is 2.41. The predicted molar refractivity (Wildman–Crippen MR) is 73.5 cm³/mol. The Hall–Kier alpha value is -1.53. The molecule has 0 radical (unpaired) electrons. The zero-order chi connectivity index (χ0) is 13.4. The third-order valence-corrected chi connectivity index (χ3v) is 2.94. The van der Waals surface area contributed by atoms with Crippen LogP contribution in [0.2, 0.25) is 0 Å². The number of nitrogens with zero attached hydrogens (tertiary/aromatic N) is 2. The van der Waals surface area contributed by atoms with E-state index in [2.05, 4.69) is 24.8 Å². The van der Waals surface area contributed by atoms with Gasteiger partial charge in [-0.15, -0.1) is 0 Å². The number of rotatable bonds is 7. The highest BCUT2D eigenvalue weighted by Gasteiger charge is 2.18. The van der Waals surface area contributed by atoms with Gasteiger partial charge in [-0.2, -0.15) is 5.26 Å². The summed E-state index contributed by atoms with van der Waals surface area (Å²) in [5.41, 5.74) is 1.04. The highest BCUT2D eigenvalue weighted by atomic mass is 16.5. The van der Waals surface area contributed by atoms with E-state index in [4.69, 9.17) is 4.74 Å². The van der Waals surface area contributed by atoms with Crippen molar-refractivity contribution in [3.8, 4) is 11.8 Å². The van der Waals surface area contributed by atoms with E-state index in [-0.39, 0.29) is 6.04 Å². The summed E-state index contributed by atoms with van der Waals surface area (Å²) in [5, 5.41) is 9.41.